The number of urea groups is 1. The minimum absolute atomic E-state index is 0.0144. The molecule has 0 fully saturated rings. The molecule has 0 atom stereocenters. The van der Waals surface area contributed by atoms with Gasteiger partial charge in [-0.15, -0.1) is 24.0 Å². The first kappa shape index (κ1) is 19.6. The Morgan fingerprint density at radius 3 is 2.48 bits per heavy atom. The molecule has 27 heavy (non-hydrogen) atoms. The number of nitrogens with two attached hydrogens (primary N) is 1. The van der Waals surface area contributed by atoms with E-state index in [0.717, 1.165) is 15.9 Å². The first-order valence-corrected chi connectivity index (χ1v) is 10.8. The number of hydrogen-bond acceptors (Lipinski definition) is 6. The summed E-state index contributed by atoms with van der Waals surface area (Å²) in [6, 6.07) is 10.8. The van der Waals surface area contributed by atoms with Gasteiger partial charge in [-0.2, -0.15) is 0 Å². The third-order valence-corrected chi connectivity index (χ3v) is 5.93. The summed E-state index contributed by atoms with van der Waals surface area (Å²) in [4.78, 5) is 18.7. The van der Waals surface area contributed by atoms with E-state index in [9.17, 15) is 13.2 Å². The fourth-order valence-corrected chi connectivity index (χ4v) is 4.27. The number of primary sulfonamides is 1. The zero-order chi connectivity index (χ0) is 19.8. The molecule has 7 nitrogen and oxygen atoms in total. The number of carbonyl (C=O) groups excluding carboxylic acids is 1. The number of thiol groups is 1. The van der Waals surface area contributed by atoms with Crippen molar-refractivity contribution in [1.29, 1.82) is 0 Å². The van der Waals surface area contributed by atoms with E-state index < -0.39 is 10.0 Å². The van der Waals surface area contributed by atoms with Gasteiger partial charge in [0.25, 0.3) is 0 Å². The number of sulfonamides is 1. The maximum Gasteiger partial charge on any atom is 0.326 e. The zero-order valence-electron chi connectivity index (χ0n) is 14.6. The highest BCUT2D eigenvalue weighted by Crippen LogP contribution is 2.29. The van der Waals surface area contributed by atoms with Gasteiger partial charge in [0.2, 0.25) is 10.0 Å². The van der Waals surface area contributed by atoms with E-state index >= 15 is 0 Å². The summed E-state index contributed by atoms with van der Waals surface area (Å²) >= 11 is 5.71. The Morgan fingerprint density at radius 1 is 1.22 bits per heavy atom. The molecule has 0 bridgehead atoms. The lowest BCUT2D eigenvalue weighted by atomic mass is 10.2. The SMILES string of the molecule is CC(C)N(C(=O)Nc1ccc(S(N)(=O)=O)cc1)c1ccc2nc(S)sc2c1. The molecule has 0 radical (unpaired) electrons. The average Bonchev–Trinajstić information content (AvgIpc) is 2.93. The van der Waals surface area contributed by atoms with Crippen molar-refractivity contribution >= 4 is 61.6 Å². The molecule has 10 heteroatoms. The van der Waals surface area contributed by atoms with E-state index in [1.807, 2.05) is 32.0 Å². The standard InChI is InChI=1S/C17H18N4O3S3/c1-10(2)21(12-5-8-14-15(9-12)26-17(25)20-14)16(22)19-11-3-6-13(7-4-11)27(18,23)24/h3-10H,1-2H3,(H,19,22)(H,20,25)(H2,18,23,24). The summed E-state index contributed by atoms with van der Waals surface area (Å²) in [6.45, 7) is 3.81. The van der Waals surface area contributed by atoms with Gasteiger partial charge >= 0.3 is 6.03 Å². The van der Waals surface area contributed by atoms with Crippen molar-refractivity contribution in [3.05, 3.63) is 42.5 Å². The van der Waals surface area contributed by atoms with Gasteiger partial charge in [-0.3, -0.25) is 4.90 Å². The molecule has 0 aliphatic rings. The Morgan fingerprint density at radius 2 is 1.89 bits per heavy atom. The maximum atomic E-state index is 12.8. The van der Waals surface area contributed by atoms with Crippen LogP contribution in [0.1, 0.15) is 13.8 Å². The van der Waals surface area contributed by atoms with Crippen LogP contribution in [0.15, 0.2) is 51.7 Å². The summed E-state index contributed by atoms with van der Waals surface area (Å²) in [5.74, 6) is 0. The van der Waals surface area contributed by atoms with Crippen LogP contribution in [0.2, 0.25) is 0 Å². The third kappa shape index (κ3) is 4.41. The number of nitrogens with one attached hydrogen (secondary N) is 1. The Kier molecular flexibility index (Phi) is 5.43. The second kappa shape index (κ2) is 7.47. The highest BCUT2D eigenvalue weighted by molar-refractivity contribution is 7.89. The first-order valence-electron chi connectivity index (χ1n) is 7.98. The number of amides is 2. The second-order valence-electron chi connectivity index (χ2n) is 6.11. The number of hydrogen-bond donors (Lipinski definition) is 3. The molecule has 0 aliphatic carbocycles. The van der Waals surface area contributed by atoms with Crippen LogP contribution in [0, 0.1) is 0 Å². The lowest BCUT2D eigenvalue weighted by Gasteiger charge is -2.27. The third-order valence-electron chi connectivity index (χ3n) is 3.81. The fraction of sp³-hybridized carbons (Fsp3) is 0.176. The molecule has 3 N–H and O–H groups in total. The van der Waals surface area contributed by atoms with Crippen molar-refractivity contribution in [2.24, 2.45) is 5.14 Å². The number of thiazole rings is 1. The largest absolute Gasteiger partial charge is 0.326 e. The molecule has 0 spiro atoms. The van der Waals surface area contributed by atoms with Gasteiger partial charge in [0.05, 0.1) is 15.1 Å². The van der Waals surface area contributed by atoms with Gasteiger partial charge in [0, 0.05) is 17.4 Å². The fourth-order valence-electron chi connectivity index (χ4n) is 2.61. The Labute approximate surface area is 166 Å². The maximum absolute atomic E-state index is 12.8. The highest BCUT2D eigenvalue weighted by Gasteiger charge is 2.20. The quantitative estimate of drug-likeness (QED) is 0.558. The van der Waals surface area contributed by atoms with Crippen LogP contribution in [-0.4, -0.2) is 25.5 Å². The molecule has 3 aromatic rings. The molecular formula is C17H18N4O3S3. The molecule has 0 aliphatic heterocycles. The molecule has 1 heterocycles. The van der Waals surface area contributed by atoms with Crippen molar-refractivity contribution in [2.75, 3.05) is 10.2 Å². The van der Waals surface area contributed by atoms with Crippen molar-refractivity contribution in [3.8, 4) is 0 Å². The monoisotopic (exact) mass is 422 g/mol. The average molecular weight is 423 g/mol. The molecule has 3 rings (SSSR count). The van der Waals surface area contributed by atoms with Gasteiger partial charge < -0.3 is 5.32 Å². The second-order valence-corrected chi connectivity index (χ2v) is 9.43. The summed E-state index contributed by atoms with van der Waals surface area (Å²) in [6.07, 6.45) is 0. The van der Waals surface area contributed by atoms with Crippen molar-refractivity contribution in [2.45, 2.75) is 29.1 Å². The number of aromatic nitrogens is 1. The first-order chi connectivity index (χ1) is 12.6. The van der Waals surface area contributed by atoms with Crippen LogP contribution < -0.4 is 15.4 Å². The van der Waals surface area contributed by atoms with E-state index in [4.69, 9.17) is 5.14 Å². The number of anilines is 2. The lowest BCUT2D eigenvalue weighted by molar-refractivity contribution is 0.255. The van der Waals surface area contributed by atoms with Crippen molar-refractivity contribution < 1.29 is 13.2 Å². The van der Waals surface area contributed by atoms with Crippen LogP contribution in [-0.2, 0) is 10.0 Å². The van der Waals surface area contributed by atoms with E-state index in [0.29, 0.717) is 10.0 Å². The lowest BCUT2D eigenvalue weighted by Crippen LogP contribution is -2.40. The zero-order valence-corrected chi connectivity index (χ0v) is 17.1. The van der Waals surface area contributed by atoms with Crippen molar-refractivity contribution in [3.63, 3.8) is 0 Å². The molecule has 2 aromatic carbocycles. The normalized spacial score (nSPS) is 11.7. The molecule has 2 amide bonds. The van der Waals surface area contributed by atoms with E-state index in [1.165, 1.54) is 35.6 Å². The van der Waals surface area contributed by atoms with Gasteiger partial charge in [-0.05, 0) is 56.3 Å². The van der Waals surface area contributed by atoms with Gasteiger partial charge in [0.1, 0.15) is 4.34 Å². The van der Waals surface area contributed by atoms with Crippen LogP contribution in [0.4, 0.5) is 16.2 Å². The minimum atomic E-state index is -3.77. The Hall–Kier alpha value is -2.14. The van der Waals surface area contributed by atoms with E-state index in [-0.39, 0.29) is 17.0 Å². The van der Waals surface area contributed by atoms with E-state index in [1.54, 1.807) is 4.90 Å². The number of nitrogens with zero attached hydrogens (tertiary/aromatic N) is 2. The molecule has 142 valence electrons. The summed E-state index contributed by atoms with van der Waals surface area (Å²) < 4.78 is 24.3. The number of benzene rings is 2. The predicted molar refractivity (Wildman–Crippen MR) is 111 cm³/mol. The molecule has 1 aromatic heterocycles. The Balaban J connectivity index is 1.86. The van der Waals surface area contributed by atoms with Gasteiger partial charge in [0.15, 0.2) is 0 Å². The predicted octanol–water partition coefficient (Wildman–Crippen LogP) is 3.68. The van der Waals surface area contributed by atoms with Crippen LogP contribution in [0.3, 0.4) is 0 Å². The summed E-state index contributed by atoms with van der Waals surface area (Å²) in [5.41, 5.74) is 2.03. The number of carbonyl (C=O) groups is 1. The summed E-state index contributed by atoms with van der Waals surface area (Å²) in [5, 5.41) is 7.86. The van der Waals surface area contributed by atoms with E-state index in [2.05, 4.69) is 22.9 Å². The van der Waals surface area contributed by atoms with Gasteiger partial charge in [-0.1, -0.05) is 0 Å². The van der Waals surface area contributed by atoms with Crippen LogP contribution in [0.25, 0.3) is 10.2 Å². The number of rotatable bonds is 4. The van der Waals surface area contributed by atoms with Gasteiger partial charge in [-0.25, -0.2) is 23.3 Å². The highest BCUT2D eigenvalue weighted by atomic mass is 32.2. The number of fused-ring (bicyclic) bond motifs is 1. The molecule has 0 saturated heterocycles. The van der Waals surface area contributed by atoms with Crippen LogP contribution in [0.5, 0.6) is 0 Å². The molecule has 0 saturated carbocycles. The topological polar surface area (TPSA) is 105 Å². The molecular weight excluding hydrogens is 404 g/mol. The minimum Gasteiger partial charge on any atom is -0.308 e. The molecule has 0 unspecified atom stereocenters. The smallest absolute Gasteiger partial charge is 0.308 e. The van der Waals surface area contributed by atoms with Crippen molar-refractivity contribution in [1.82, 2.24) is 4.98 Å². The van der Waals surface area contributed by atoms with Crippen LogP contribution >= 0.6 is 24.0 Å². The summed E-state index contributed by atoms with van der Waals surface area (Å²) in [7, 11) is -3.77. The Bertz CT molecular complexity index is 1090.